The van der Waals surface area contributed by atoms with Crippen molar-refractivity contribution in [1.29, 1.82) is 0 Å². The summed E-state index contributed by atoms with van der Waals surface area (Å²) in [6.45, 7) is 54.5. The molecule has 1 unspecified atom stereocenters. The minimum Gasteiger partial charge on any atom is -0.491 e. The number of piperidine rings is 1. The first-order chi connectivity index (χ1) is 50.4. The van der Waals surface area contributed by atoms with Gasteiger partial charge in [-0.25, -0.2) is 4.39 Å². The van der Waals surface area contributed by atoms with Crippen molar-refractivity contribution >= 4 is 11.4 Å². The van der Waals surface area contributed by atoms with Crippen LogP contribution in [0.5, 0.6) is 11.5 Å². The molecule has 115 heavy (non-hydrogen) atoms. The molecule has 1 atom stereocenters. The molecule has 14 nitrogen and oxygen atoms in total. The Hall–Kier alpha value is -6.19. The highest BCUT2D eigenvalue weighted by molar-refractivity contribution is 5.56. The Morgan fingerprint density at radius 2 is 1.17 bits per heavy atom. The molecule has 5 aromatic rings. The van der Waals surface area contributed by atoms with Crippen molar-refractivity contribution in [1.82, 2.24) is 10.2 Å². The molecule has 0 spiro atoms. The minimum atomic E-state index is -0.276. The molecule has 1 saturated carbocycles. The van der Waals surface area contributed by atoms with E-state index in [1.807, 2.05) is 135 Å². The number of benzene rings is 5. The zero-order chi connectivity index (χ0) is 78.0. The van der Waals surface area contributed by atoms with Crippen LogP contribution in [0.2, 0.25) is 0 Å². The molecular formula is C100H179FN6O8. The Kier molecular flexibility index (Phi) is 68.4. The zero-order valence-corrected chi connectivity index (χ0v) is 69.7. The largest absolute Gasteiger partial charge is 0.491 e. The van der Waals surface area contributed by atoms with E-state index in [1.54, 1.807) is 6.07 Å². The summed E-state index contributed by atoms with van der Waals surface area (Å²) in [5, 5.41) is 8.36. The molecule has 5 heterocycles. The van der Waals surface area contributed by atoms with Crippen LogP contribution in [0.15, 0.2) is 131 Å². The number of nitrogens with zero attached hydrogens (tertiary/aromatic N) is 4. The SMILES string of the molecule is C.C.C.C.C.C.C.C.C.C#Cc1ccc(COC(C)C)cc1.CC(C)(C)N1CCCC1.CC(C)(C)OCCC1CCNCC1.CC(C)N1CCCc2ccccc21.CC(C)OC1CC=CC1.CC(C)OCC1CCC1.CC(C)OCC1OCc2ccccc2O1.CC(C)Oc1ccc2c(c1)=NCN=2.Cc1cccc(F)c1NC(C)C. The molecular weight excluding hydrogens is 1430 g/mol. The van der Waals surface area contributed by atoms with E-state index in [-0.39, 0.29) is 109 Å². The van der Waals surface area contributed by atoms with Gasteiger partial charge in [-0.2, -0.15) is 0 Å². The summed E-state index contributed by atoms with van der Waals surface area (Å²) in [7, 11) is 0. The van der Waals surface area contributed by atoms with Crippen molar-refractivity contribution in [3.63, 3.8) is 0 Å². The fourth-order valence-electron chi connectivity index (χ4n) is 12.1. The van der Waals surface area contributed by atoms with Gasteiger partial charge < -0.3 is 53.4 Å². The van der Waals surface area contributed by atoms with Gasteiger partial charge in [0.25, 0.3) is 0 Å². The molecule has 5 aromatic carbocycles. The number of ether oxygens (including phenoxy) is 8. The standard InChI is InChI=1S/C12H17N.C12H16O3.C12H14O.C11H23NO.C10H14FN.C10H12N2O.C8H17N.C8H16O.C8H14O.9CH4/c1-10(2)13-9-5-7-11-6-3-4-8-12(11)13;1-9(2)13-8-12-14-7-10-5-3-4-6-11(10)15-12;1-4-11-5-7-12(8-6-11)9-13-10(2)3;1-11(2,3)13-9-6-10-4-7-12-8-5-10;1-7(2)12-10-8(3)5-4-6-9(10)11;1-7(2)13-8-3-4-9-10(5-8)12-6-11-9;1-8(2,3)9-6-4-5-7-9;1-7(2)9-6-8-4-3-5-8;1-7(2)9-8-5-3-4-6-8;;;;;;;;;/h3-4,6,8,10H,5,7,9H2,1-2H3;3-6,9,12H,7-8H2,1-2H3;1,5-8,10H,9H2,2-3H3;10,12H,4-9H2,1-3H3;4-7,12H,1-3H3;3-5,7H,6H2,1-2H3;4-7H2,1-3H3;7-8H,3-6H2,1-2H3;3-4,7-8H,5-6H2,1-2H3;9*1H4. The first-order valence-corrected chi connectivity index (χ1v) is 40.1. The third-order valence-corrected chi connectivity index (χ3v) is 18.0. The molecule has 0 amide bonds. The van der Waals surface area contributed by atoms with Crippen molar-refractivity contribution in [2.24, 2.45) is 21.8 Å². The Balaban J connectivity index is -0.000000289. The van der Waals surface area contributed by atoms with Gasteiger partial charge in [-0.3, -0.25) is 14.9 Å². The van der Waals surface area contributed by atoms with E-state index in [9.17, 15) is 4.39 Å². The van der Waals surface area contributed by atoms with Crippen LogP contribution in [0.4, 0.5) is 15.8 Å². The van der Waals surface area contributed by atoms with Crippen LogP contribution in [-0.4, -0.2) is 130 Å². The normalized spacial score (nSPS) is 15.4. The van der Waals surface area contributed by atoms with E-state index in [0.29, 0.717) is 62.1 Å². The number of hydrogen-bond donors (Lipinski definition) is 2. The fourth-order valence-corrected chi connectivity index (χ4v) is 12.1. The smallest absolute Gasteiger partial charge is 0.223 e. The number of aryl methyl sites for hydroxylation is 2. The second kappa shape index (κ2) is 65.7. The number of hydrogen-bond acceptors (Lipinski definition) is 14. The Labute approximate surface area is 709 Å². The number of fused-ring (bicyclic) bond motifs is 3. The molecule has 3 fully saturated rings. The van der Waals surface area contributed by atoms with Crippen LogP contribution in [0.1, 0.15) is 304 Å². The highest BCUT2D eigenvalue weighted by atomic mass is 19.1. The summed E-state index contributed by atoms with van der Waals surface area (Å²) in [6, 6.07) is 36.3. The molecule has 7 aliphatic rings. The van der Waals surface area contributed by atoms with Crippen molar-refractivity contribution in [2.45, 2.75) is 369 Å². The lowest BCUT2D eigenvalue weighted by Gasteiger charge is -2.34. The van der Waals surface area contributed by atoms with Gasteiger partial charge in [0, 0.05) is 60.3 Å². The van der Waals surface area contributed by atoms with Crippen molar-refractivity contribution in [2.75, 3.05) is 69.4 Å². The van der Waals surface area contributed by atoms with Gasteiger partial charge in [0.05, 0.1) is 71.8 Å². The van der Waals surface area contributed by atoms with Gasteiger partial charge in [-0.15, -0.1) is 6.42 Å². The highest BCUT2D eigenvalue weighted by Gasteiger charge is 2.25. The van der Waals surface area contributed by atoms with Gasteiger partial charge in [0.15, 0.2) is 0 Å². The highest BCUT2D eigenvalue weighted by Crippen LogP contribution is 2.30. The molecule has 664 valence electrons. The van der Waals surface area contributed by atoms with E-state index in [0.717, 1.165) is 82.4 Å². The molecule has 2 saturated heterocycles. The van der Waals surface area contributed by atoms with E-state index >= 15 is 0 Å². The number of nitrogens with one attached hydrogen (secondary N) is 2. The van der Waals surface area contributed by atoms with Gasteiger partial charge in [-0.05, 0) is 313 Å². The lowest BCUT2D eigenvalue weighted by atomic mass is 9.86. The maximum absolute atomic E-state index is 13.1. The van der Waals surface area contributed by atoms with Gasteiger partial charge in [0.1, 0.15) is 30.6 Å². The predicted molar refractivity (Wildman–Crippen MR) is 501 cm³/mol. The van der Waals surface area contributed by atoms with Crippen molar-refractivity contribution < 1.29 is 42.3 Å². The summed E-state index contributed by atoms with van der Waals surface area (Å²) in [6.07, 6.45) is 27.0. The average molecular weight is 1610 g/mol. The van der Waals surface area contributed by atoms with E-state index in [1.165, 1.54) is 114 Å². The third kappa shape index (κ3) is 52.4. The molecule has 0 bridgehead atoms. The molecule has 12 rings (SSSR count). The van der Waals surface area contributed by atoms with Crippen LogP contribution in [-0.2, 0) is 48.1 Å². The number of terminal acetylenes is 1. The molecule has 15 heteroatoms. The maximum atomic E-state index is 13.1. The van der Waals surface area contributed by atoms with Crippen molar-refractivity contribution in [3.8, 4) is 23.8 Å². The predicted octanol–water partition coefficient (Wildman–Crippen LogP) is 25.6. The summed E-state index contributed by atoms with van der Waals surface area (Å²) in [5.41, 5.74) is 8.14. The van der Waals surface area contributed by atoms with Gasteiger partial charge in [-0.1, -0.05) is 152 Å². The molecule has 5 aliphatic heterocycles. The number of rotatable bonds is 19. The lowest BCUT2D eigenvalue weighted by Crippen LogP contribution is -2.38. The second-order valence-corrected chi connectivity index (χ2v) is 32.3. The molecule has 0 aromatic heterocycles. The topological polar surface area (TPSA) is 129 Å². The average Bonchev–Trinajstić information content (AvgIpc) is 1.72. The van der Waals surface area contributed by atoms with Crippen LogP contribution < -0.4 is 35.7 Å². The Bertz CT molecular complexity index is 3330. The van der Waals surface area contributed by atoms with Gasteiger partial charge in [0.2, 0.25) is 6.29 Å². The summed E-state index contributed by atoms with van der Waals surface area (Å²) < 4.78 is 57.4. The van der Waals surface area contributed by atoms with Crippen LogP contribution >= 0.6 is 0 Å². The Morgan fingerprint density at radius 3 is 1.69 bits per heavy atom. The molecule has 2 aliphatic carbocycles. The summed E-state index contributed by atoms with van der Waals surface area (Å²) in [5.74, 6) is 5.96. The Morgan fingerprint density at radius 1 is 0.600 bits per heavy atom. The van der Waals surface area contributed by atoms with Crippen LogP contribution in [0, 0.1) is 36.9 Å². The van der Waals surface area contributed by atoms with Crippen LogP contribution in [0.25, 0.3) is 0 Å². The number of halogens is 1. The monoisotopic (exact) mass is 1610 g/mol. The zero-order valence-electron chi connectivity index (χ0n) is 69.7. The van der Waals surface area contributed by atoms with E-state index < -0.39 is 0 Å². The van der Waals surface area contributed by atoms with Crippen LogP contribution in [0.3, 0.4) is 0 Å². The first-order valence-electron chi connectivity index (χ1n) is 40.1. The lowest BCUT2D eigenvalue weighted by molar-refractivity contribution is -0.150. The summed E-state index contributed by atoms with van der Waals surface area (Å²) >= 11 is 0. The molecule has 2 N–H and O–H groups in total. The van der Waals surface area contributed by atoms with Crippen molar-refractivity contribution in [3.05, 3.63) is 166 Å². The van der Waals surface area contributed by atoms with E-state index in [4.69, 9.17) is 44.3 Å². The number of para-hydroxylation sites is 3. The first kappa shape index (κ1) is 120. The second-order valence-electron chi connectivity index (χ2n) is 32.3. The number of anilines is 2. The maximum Gasteiger partial charge on any atom is 0.223 e. The molecule has 0 radical (unpaired) electrons. The summed E-state index contributed by atoms with van der Waals surface area (Å²) in [4.78, 5) is 13.5. The number of likely N-dealkylation sites (tertiary alicyclic amines) is 1. The van der Waals surface area contributed by atoms with E-state index in [2.05, 4.69) is 156 Å². The van der Waals surface area contributed by atoms with Gasteiger partial charge >= 0.3 is 0 Å². The quantitative estimate of drug-likeness (QED) is 0.0603. The minimum absolute atomic E-state index is 0. The third-order valence-electron chi connectivity index (χ3n) is 18.0. The fraction of sp³-hybridized carbons (Fsp3) is 0.660.